The van der Waals surface area contributed by atoms with E-state index in [4.69, 9.17) is 5.73 Å². The fourth-order valence-electron chi connectivity index (χ4n) is 3.71. The number of hydrogen-bond donors (Lipinski definition) is 3. The Hall–Kier alpha value is -3.25. The van der Waals surface area contributed by atoms with Gasteiger partial charge in [-0.05, 0) is 73.1 Å². The lowest BCUT2D eigenvalue weighted by Crippen LogP contribution is -2.41. The summed E-state index contributed by atoms with van der Waals surface area (Å²) in [6.07, 6.45) is 4.56. The van der Waals surface area contributed by atoms with Crippen molar-refractivity contribution >= 4 is 29.3 Å². The van der Waals surface area contributed by atoms with E-state index >= 15 is 0 Å². The molecule has 0 spiro atoms. The maximum Gasteiger partial charge on any atom is 0.326 e. The Bertz CT molecular complexity index is 1130. The number of carbonyl (C=O) groups excluding carboxylic acids is 1. The van der Waals surface area contributed by atoms with Gasteiger partial charge in [-0.3, -0.25) is 4.79 Å². The smallest absolute Gasteiger partial charge is 0.326 e. The summed E-state index contributed by atoms with van der Waals surface area (Å²) in [5.41, 5.74) is 12.3. The Balaban J connectivity index is 0.000000360. The third kappa shape index (κ3) is 8.48. The summed E-state index contributed by atoms with van der Waals surface area (Å²) in [4.78, 5) is 24.2. The number of nitrogen functional groups attached to an aromatic ring is 1. The lowest BCUT2D eigenvalue weighted by Gasteiger charge is -2.17. The number of carboxylic acids is 1. The van der Waals surface area contributed by atoms with E-state index in [1.54, 1.807) is 17.8 Å². The van der Waals surface area contributed by atoms with E-state index in [-0.39, 0.29) is 5.91 Å². The minimum absolute atomic E-state index is 0.355. The quantitative estimate of drug-likeness (QED) is 0.313. The van der Waals surface area contributed by atoms with Gasteiger partial charge < -0.3 is 16.2 Å². The van der Waals surface area contributed by atoms with E-state index in [2.05, 4.69) is 18.3 Å². The standard InChI is InChI=1S/C20H23NO3S.C9H13N/c1-13-8-9-16(17(12-13)15-7-5-4-6-14(15)2)19(22)21-18(20(23)24)10-11-25-3;1-2-5-8-6-3-4-7-9(8)10/h4-9,12,18H,10-11H2,1-3H3,(H,21,22)(H,23,24);3-4,6-7H,2,5,10H2,1H3. The van der Waals surface area contributed by atoms with Crippen LogP contribution in [0.1, 0.15) is 46.8 Å². The number of anilines is 1. The Labute approximate surface area is 213 Å². The number of aryl methyl sites for hydroxylation is 3. The monoisotopic (exact) mass is 492 g/mol. The molecule has 35 heavy (non-hydrogen) atoms. The van der Waals surface area contributed by atoms with Crippen molar-refractivity contribution in [2.45, 2.75) is 46.1 Å². The van der Waals surface area contributed by atoms with Gasteiger partial charge in [0, 0.05) is 11.3 Å². The van der Waals surface area contributed by atoms with Gasteiger partial charge in [0.15, 0.2) is 0 Å². The van der Waals surface area contributed by atoms with Gasteiger partial charge in [0.1, 0.15) is 6.04 Å². The van der Waals surface area contributed by atoms with E-state index in [1.165, 1.54) is 5.56 Å². The van der Waals surface area contributed by atoms with Crippen molar-refractivity contribution in [2.75, 3.05) is 17.7 Å². The Morgan fingerprint density at radius 3 is 2.31 bits per heavy atom. The number of benzene rings is 3. The summed E-state index contributed by atoms with van der Waals surface area (Å²) in [5, 5.41) is 12.0. The highest BCUT2D eigenvalue weighted by Crippen LogP contribution is 2.28. The zero-order valence-electron chi connectivity index (χ0n) is 21.0. The molecular weight excluding hydrogens is 456 g/mol. The Morgan fingerprint density at radius 1 is 1.00 bits per heavy atom. The molecule has 0 aliphatic rings. The normalized spacial score (nSPS) is 11.2. The van der Waals surface area contributed by atoms with E-state index in [0.717, 1.165) is 40.8 Å². The molecule has 0 fully saturated rings. The maximum absolute atomic E-state index is 12.8. The zero-order chi connectivity index (χ0) is 25.8. The van der Waals surface area contributed by atoms with Crippen LogP contribution in [0.15, 0.2) is 66.7 Å². The second kappa shape index (κ2) is 14.2. The van der Waals surface area contributed by atoms with Crippen molar-refractivity contribution in [3.05, 3.63) is 89.0 Å². The zero-order valence-corrected chi connectivity index (χ0v) is 21.8. The predicted molar refractivity (Wildman–Crippen MR) is 148 cm³/mol. The lowest BCUT2D eigenvalue weighted by molar-refractivity contribution is -0.139. The minimum Gasteiger partial charge on any atom is -0.480 e. The minimum atomic E-state index is -1.01. The van der Waals surface area contributed by atoms with Crippen LogP contribution in [-0.4, -0.2) is 35.0 Å². The molecule has 186 valence electrons. The first-order valence-electron chi connectivity index (χ1n) is 11.8. The molecule has 6 heteroatoms. The van der Waals surface area contributed by atoms with Crippen LogP contribution < -0.4 is 11.1 Å². The number of aliphatic carboxylic acids is 1. The molecular formula is C29H36N2O3S. The van der Waals surface area contributed by atoms with Crippen LogP contribution in [-0.2, 0) is 11.2 Å². The van der Waals surface area contributed by atoms with Gasteiger partial charge in [-0.15, -0.1) is 0 Å². The molecule has 1 unspecified atom stereocenters. The third-order valence-electron chi connectivity index (χ3n) is 5.64. The molecule has 3 aromatic rings. The molecule has 0 saturated carbocycles. The van der Waals surface area contributed by atoms with Gasteiger partial charge in [-0.2, -0.15) is 11.8 Å². The number of para-hydroxylation sites is 1. The van der Waals surface area contributed by atoms with Crippen LogP contribution in [0.2, 0.25) is 0 Å². The van der Waals surface area contributed by atoms with Crippen LogP contribution in [0.4, 0.5) is 5.69 Å². The molecule has 0 saturated heterocycles. The van der Waals surface area contributed by atoms with Gasteiger partial charge in [0.2, 0.25) is 0 Å². The van der Waals surface area contributed by atoms with Crippen molar-refractivity contribution in [3.63, 3.8) is 0 Å². The number of carboxylic acid groups (broad SMARTS) is 1. The van der Waals surface area contributed by atoms with E-state index in [1.807, 2.05) is 74.7 Å². The van der Waals surface area contributed by atoms with Crippen LogP contribution in [0.3, 0.4) is 0 Å². The van der Waals surface area contributed by atoms with Gasteiger partial charge in [0.25, 0.3) is 5.91 Å². The van der Waals surface area contributed by atoms with E-state index < -0.39 is 12.0 Å². The fraction of sp³-hybridized carbons (Fsp3) is 0.310. The largest absolute Gasteiger partial charge is 0.480 e. The molecule has 0 bridgehead atoms. The van der Waals surface area contributed by atoms with Crippen molar-refractivity contribution in [1.29, 1.82) is 0 Å². The number of nitrogens with two attached hydrogens (primary N) is 1. The highest BCUT2D eigenvalue weighted by atomic mass is 32.2. The van der Waals surface area contributed by atoms with E-state index in [9.17, 15) is 14.7 Å². The molecule has 4 N–H and O–H groups in total. The van der Waals surface area contributed by atoms with E-state index in [0.29, 0.717) is 17.7 Å². The van der Waals surface area contributed by atoms with Crippen molar-refractivity contribution < 1.29 is 14.7 Å². The van der Waals surface area contributed by atoms with Crippen LogP contribution >= 0.6 is 11.8 Å². The summed E-state index contributed by atoms with van der Waals surface area (Å²) in [5.74, 6) is -0.686. The number of rotatable bonds is 9. The summed E-state index contributed by atoms with van der Waals surface area (Å²) in [6, 6.07) is 20.6. The predicted octanol–water partition coefficient (Wildman–Crippen LogP) is 6.13. The molecule has 0 aromatic heterocycles. The highest BCUT2D eigenvalue weighted by Gasteiger charge is 2.22. The molecule has 5 nitrogen and oxygen atoms in total. The second-order valence-corrected chi connectivity index (χ2v) is 9.44. The molecule has 1 amide bonds. The average molecular weight is 493 g/mol. The number of hydrogen-bond acceptors (Lipinski definition) is 4. The molecule has 3 aromatic carbocycles. The molecule has 0 aliphatic heterocycles. The maximum atomic E-state index is 12.8. The SMILES string of the molecule is CCCc1ccccc1N.CSCCC(NC(=O)c1ccc(C)cc1-c1ccccc1C)C(=O)O. The topological polar surface area (TPSA) is 92.4 Å². The molecule has 0 aliphatic carbocycles. The van der Waals surface area contributed by atoms with Gasteiger partial charge in [-0.25, -0.2) is 4.79 Å². The first kappa shape index (κ1) is 28.0. The summed E-state index contributed by atoms with van der Waals surface area (Å²) < 4.78 is 0. The number of amides is 1. The highest BCUT2D eigenvalue weighted by molar-refractivity contribution is 7.98. The second-order valence-electron chi connectivity index (χ2n) is 8.46. The Morgan fingerprint density at radius 2 is 1.69 bits per heavy atom. The fourth-order valence-corrected chi connectivity index (χ4v) is 4.19. The van der Waals surface area contributed by atoms with Gasteiger partial charge >= 0.3 is 5.97 Å². The lowest BCUT2D eigenvalue weighted by atomic mass is 9.94. The van der Waals surface area contributed by atoms with Crippen molar-refractivity contribution in [3.8, 4) is 11.1 Å². The molecule has 3 rings (SSSR count). The molecule has 0 radical (unpaired) electrons. The Kier molecular flexibility index (Phi) is 11.4. The van der Waals surface area contributed by atoms with Crippen molar-refractivity contribution in [1.82, 2.24) is 5.32 Å². The van der Waals surface area contributed by atoms with Crippen LogP contribution in [0.25, 0.3) is 11.1 Å². The summed E-state index contributed by atoms with van der Waals surface area (Å²) >= 11 is 1.56. The van der Waals surface area contributed by atoms with Crippen molar-refractivity contribution in [2.24, 2.45) is 0 Å². The number of carbonyl (C=O) groups is 2. The van der Waals surface area contributed by atoms with Gasteiger partial charge in [0.05, 0.1) is 0 Å². The summed E-state index contributed by atoms with van der Waals surface area (Å²) in [6.45, 7) is 6.13. The summed E-state index contributed by atoms with van der Waals surface area (Å²) in [7, 11) is 0. The van der Waals surface area contributed by atoms with Crippen LogP contribution in [0.5, 0.6) is 0 Å². The third-order valence-corrected chi connectivity index (χ3v) is 6.29. The van der Waals surface area contributed by atoms with Crippen LogP contribution in [0, 0.1) is 13.8 Å². The number of thioether (sulfide) groups is 1. The first-order chi connectivity index (χ1) is 16.8. The van der Waals surface area contributed by atoms with Gasteiger partial charge in [-0.1, -0.05) is 73.5 Å². The molecule has 0 heterocycles. The average Bonchev–Trinajstić information content (AvgIpc) is 2.83. The molecule has 1 atom stereocenters. The number of nitrogens with one attached hydrogen (secondary N) is 1. The first-order valence-corrected chi connectivity index (χ1v) is 13.2.